The van der Waals surface area contributed by atoms with Crippen molar-refractivity contribution in [2.45, 2.75) is 19.4 Å². The van der Waals surface area contributed by atoms with Gasteiger partial charge in [0.25, 0.3) is 11.7 Å². The van der Waals surface area contributed by atoms with Crippen molar-refractivity contribution >= 4 is 23.1 Å². The van der Waals surface area contributed by atoms with Crippen LogP contribution in [0.15, 0.2) is 54.2 Å². The van der Waals surface area contributed by atoms with Crippen molar-refractivity contribution in [2.75, 3.05) is 39.4 Å². The smallest absolute Gasteiger partial charge is 0.295 e. The fourth-order valence-corrected chi connectivity index (χ4v) is 4.95. The number of ether oxygens (including phenoxy) is 1. The van der Waals surface area contributed by atoms with Crippen LogP contribution in [-0.2, 0) is 14.3 Å². The van der Waals surface area contributed by atoms with E-state index in [9.17, 15) is 14.7 Å². The number of likely N-dealkylation sites (tertiary alicyclic amines) is 1. The normalized spacial score (nSPS) is 20.7. The lowest BCUT2D eigenvalue weighted by Gasteiger charge is -2.29. The summed E-state index contributed by atoms with van der Waals surface area (Å²) in [7, 11) is 0. The molecule has 0 bridgehead atoms. The Morgan fingerprint density at radius 1 is 1.11 bits per heavy atom. The van der Waals surface area contributed by atoms with Gasteiger partial charge in [-0.1, -0.05) is 24.3 Å². The number of morpholine rings is 1. The molecule has 0 aliphatic carbocycles. The molecule has 2 saturated heterocycles. The number of halogens is 1. The maximum absolute atomic E-state index is 15.0. The second kappa shape index (κ2) is 9.59. The monoisotopic (exact) mass is 478 g/mol. The molecule has 182 valence electrons. The molecule has 1 unspecified atom stereocenters. The van der Waals surface area contributed by atoms with E-state index in [4.69, 9.17) is 4.74 Å². The number of Topliss-reactive ketones (excluding diaryl/α,β-unsaturated/α-hetero) is 1. The van der Waals surface area contributed by atoms with E-state index in [1.807, 2.05) is 6.07 Å². The molecular formula is C26H27FN4O4. The predicted molar refractivity (Wildman–Crippen MR) is 127 cm³/mol. The Kier molecular flexibility index (Phi) is 6.36. The second-order valence-corrected chi connectivity index (χ2v) is 8.80. The molecular weight excluding hydrogens is 451 g/mol. The van der Waals surface area contributed by atoms with Gasteiger partial charge in [0.1, 0.15) is 17.2 Å². The van der Waals surface area contributed by atoms with Crippen LogP contribution in [0, 0.1) is 12.7 Å². The van der Waals surface area contributed by atoms with Gasteiger partial charge in [-0.15, -0.1) is 0 Å². The van der Waals surface area contributed by atoms with Crippen LogP contribution in [0.4, 0.5) is 4.39 Å². The van der Waals surface area contributed by atoms with E-state index in [-0.39, 0.29) is 23.4 Å². The lowest BCUT2D eigenvalue weighted by Crippen LogP contribution is -2.39. The first-order chi connectivity index (χ1) is 17.0. The Morgan fingerprint density at radius 3 is 2.63 bits per heavy atom. The Balaban J connectivity index is 1.56. The number of nitrogens with zero attached hydrogens (tertiary/aromatic N) is 4. The number of benzene rings is 1. The number of hydrogen-bond acceptors (Lipinski definition) is 6. The number of aliphatic hydroxyl groups is 1. The number of amides is 1. The molecule has 1 amide bonds. The molecule has 3 aromatic rings. The molecule has 5 rings (SSSR count). The van der Waals surface area contributed by atoms with E-state index in [2.05, 4.69) is 9.88 Å². The molecule has 1 aromatic carbocycles. The third-order valence-corrected chi connectivity index (χ3v) is 6.65. The van der Waals surface area contributed by atoms with Gasteiger partial charge in [0.15, 0.2) is 5.76 Å². The van der Waals surface area contributed by atoms with Gasteiger partial charge in [0, 0.05) is 37.9 Å². The largest absolute Gasteiger partial charge is 0.505 e. The number of aryl methyl sites for hydroxylation is 1. The minimum Gasteiger partial charge on any atom is -0.505 e. The molecule has 1 N–H and O–H groups in total. The van der Waals surface area contributed by atoms with Crippen LogP contribution < -0.4 is 0 Å². The van der Waals surface area contributed by atoms with Gasteiger partial charge in [0.2, 0.25) is 0 Å². The highest BCUT2D eigenvalue weighted by atomic mass is 19.1. The predicted octanol–water partition coefficient (Wildman–Crippen LogP) is 2.93. The van der Waals surface area contributed by atoms with E-state index in [1.165, 1.54) is 11.0 Å². The molecule has 1 atom stereocenters. The summed E-state index contributed by atoms with van der Waals surface area (Å²) in [6.45, 7) is 5.65. The third kappa shape index (κ3) is 4.21. The number of aromatic nitrogens is 2. The van der Waals surface area contributed by atoms with Crippen LogP contribution >= 0.6 is 0 Å². The lowest BCUT2D eigenvalue weighted by molar-refractivity contribution is -0.140. The molecule has 2 fully saturated rings. The van der Waals surface area contributed by atoms with Crippen LogP contribution in [0.5, 0.6) is 0 Å². The number of fused-ring (bicyclic) bond motifs is 1. The molecule has 8 nitrogen and oxygen atoms in total. The summed E-state index contributed by atoms with van der Waals surface area (Å²) in [5.74, 6) is -2.47. The second-order valence-electron chi connectivity index (χ2n) is 8.80. The topological polar surface area (TPSA) is 87.4 Å². The fourth-order valence-electron chi connectivity index (χ4n) is 4.95. The number of aliphatic hydroxyl groups excluding tert-OH is 1. The van der Waals surface area contributed by atoms with Gasteiger partial charge >= 0.3 is 0 Å². The average molecular weight is 479 g/mol. The van der Waals surface area contributed by atoms with Gasteiger partial charge in [0.05, 0.1) is 30.5 Å². The van der Waals surface area contributed by atoms with Gasteiger partial charge in [-0.3, -0.25) is 18.9 Å². The van der Waals surface area contributed by atoms with Crippen LogP contribution in [0.25, 0.3) is 11.4 Å². The Bertz CT molecular complexity index is 1310. The minimum atomic E-state index is -1.03. The number of carbonyl (C=O) groups is 2. The average Bonchev–Trinajstić information content (AvgIpc) is 3.33. The fraction of sp³-hybridized carbons (Fsp3) is 0.346. The number of imidazole rings is 1. The zero-order valence-electron chi connectivity index (χ0n) is 19.5. The van der Waals surface area contributed by atoms with E-state index >= 15 is 4.39 Å². The standard InChI is InChI=1S/C26H27FN4O4/c1-17-22(30-11-5-4-9-20(30)28-17)24(32)21-23(18-7-2-3-8-19(18)27)31(26(34)25(21)33)12-6-10-29-13-15-35-16-14-29/h2-5,7-9,11,23,32H,6,10,12-16H2,1H3/b24-21-. The quantitative estimate of drug-likeness (QED) is 0.333. The van der Waals surface area contributed by atoms with Crippen LogP contribution in [-0.4, -0.2) is 75.4 Å². The number of ketones is 1. The van der Waals surface area contributed by atoms with Crippen molar-refractivity contribution < 1.29 is 23.8 Å². The van der Waals surface area contributed by atoms with Gasteiger partial charge in [-0.05, 0) is 31.5 Å². The number of hydrogen-bond donors (Lipinski definition) is 1. The Morgan fingerprint density at radius 2 is 1.86 bits per heavy atom. The van der Waals surface area contributed by atoms with Gasteiger partial charge in [-0.25, -0.2) is 9.37 Å². The van der Waals surface area contributed by atoms with E-state index in [0.717, 1.165) is 19.6 Å². The highest BCUT2D eigenvalue weighted by Gasteiger charge is 2.47. The number of pyridine rings is 1. The summed E-state index contributed by atoms with van der Waals surface area (Å²) in [5, 5.41) is 11.4. The zero-order valence-corrected chi connectivity index (χ0v) is 19.5. The molecule has 0 saturated carbocycles. The maximum Gasteiger partial charge on any atom is 0.295 e. The van der Waals surface area contributed by atoms with Crippen molar-refractivity contribution in [3.05, 3.63) is 77.0 Å². The first kappa shape index (κ1) is 23.2. The summed E-state index contributed by atoms with van der Waals surface area (Å²) in [6.07, 6.45) is 2.33. The third-order valence-electron chi connectivity index (χ3n) is 6.65. The molecule has 0 spiro atoms. The molecule has 4 heterocycles. The van der Waals surface area contributed by atoms with E-state index in [0.29, 0.717) is 36.7 Å². The highest BCUT2D eigenvalue weighted by Crippen LogP contribution is 2.40. The number of rotatable bonds is 6. The van der Waals surface area contributed by atoms with Crippen LogP contribution in [0.2, 0.25) is 0 Å². The Labute approximate surface area is 202 Å². The first-order valence-corrected chi connectivity index (χ1v) is 11.7. The van der Waals surface area contributed by atoms with Crippen molar-refractivity contribution in [3.8, 4) is 0 Å². The van der Waals surface area contributed by atoms with Gasteiger partial charge < -0.3 is 14.7 Å². The van der Waals surface area contributed by atoms with E-state index in [1.54, 1.807) is 47.9 Å². The van der Waals surface area contributed by atoms with Crippen molar-refractivity contribution in [3.63, 3.8) is 0 Å². The summed E-state index contributed by atoms with van der Waals surface area (Å²) in [4.78, 5) is 34.5. The molecule has 0 radical (unpaired) electrons. The summed E-state index contributed by atoms with van der Waals surface area (Å²) < 4.78 is 22.0. The molecule has 35 heavy (non-hydrogen) atoms. The van der Waals surface area contributed by atoms with Crippen molar-refractivity contribution in [1.29, 1.82) is 0 Å². The van der Waals surface area contributed by atoms with Crippen molar-refractivity contribution in [2.24, 2.45) is 0 Å². The minimum absolute atomic E-state index is 0.125. The zero-order chi connectivity index (χ0) is 24.5. The first-order valence-electron chi connectivity index (χ1n) is 11.7. The molecule has 9 heteroatoms. The van der Waals surface area contributed by atoms with Gasteiger partial charge in [-0.2, -0.15) is 0 Å². The Hall–Kier alpha value is -3.56. The summed E-state index contributed by atoms with van der Waals surface area (Å²) in [6, 6.07) is 10.4. The summed E-state index contributed by atoms with van der Waals surface area (Å²) >= 11 is 0. The molecule has 2 aliphatic rings. The van der Waals surface area contributed by atoms with Crippen molar-refractivity contribution in [1.82, 2.24) is 19.2 Å². The van der Waals surface area contributed by atoms with Crippen LogP contribution in [0.1, 0.15) is 29.4 Å². The summed E-state index contributed by atoms with van der Waals surface area (Å²) in [5.41, 5.74) is 1.45. The molecule has 2 aliphatic heterocycles. The highest BCUT2D eigenvalue weighted by molar-refractivity contribution is 6.46. The lowest BCUT2D eigenvalue weighted by atomic mass is 9.95. The number of carbonyl (C=O) groups excluding carboxylic acids is 2. The van der Waals surface area contributed by atoms with E-state index < -0.39 is 23.5 Å². The van der Waals surface area contributed by atoms with Crippen LogP contribution in [0.3, 0.4) is 0 Å². The SMILES string of the molecule is Cc1nc2ccccn2c1/C(O)=C1/C(=O)C(=O)N(CCCN2CCOCC2)C1c1ccccc1F. The maximum atomic E-state index is 15.0. The molecule has 2 aromatic heterocycles.